The molecule has 0 aromatic rings. The van der Waals surface area contributed by atoms with Crippen molar-refractivity contribution in [1.82, 2.24) is 26.2 Å². The summed E-state index contributed by atoms with van der Waals surface area (Å²) in [6, 6.07) is -3.41. The van der Waals surface area contributed by atoms with Gasteiger partial charge in [-0.15, -0.1) is 0 Å². The molecular weight excluding hydrogens is 683 g/mol. The number of urea groups is 1. The average Bonchev–Trinajstić information content (AvgIpc) is 4.01. The van der Waals surface area contributed by atoms with E-state index in [4.69, 9.17) is 0 Å². The molecule has 2 heterocycles. The molecule has 2 aliphatic heterocycles. The number of sulfone groups is 1. The second-order valence-corrected chi connectivity index (χ2v) is 22.0. The van der Waals surface area contributed by atoms with Crippen molar-refractivity contribution >= 4 is 39.4 Å². The largest absolute Gasteiger partial charge is 0.347 e. The summed E-state index contributed by atoms with van der Waals surface area (Å²) in [4.78, 5) is 70.7. The normalized spacial score (nSPS) is 30.9. The van der Waals surface area contributed by atoms with Crippen LogP contribution < -0.4 is 21.3 Å². The number of hydrogen-bond donors (Lipinski definition) is 4. The van der Waals surface area contributed by atoms with Gasteiger partial charge in [-0.25, -0.2) is 13.2 Å². The molecule has 0 radical (unpaired) electrons. The molecule has 13 heteroatoms. The van der Waals surface area contributed by atoms with Gasteiger partial charge in [0.05, 0.1) is 22.6 Å². The van der Waals surface area contributed by atoms with Gasteiger partial charge < -0.3 is 26.2 Å². The third-order valence-corrected chi connectivity index (χ3v) is 15.7. The first-order valence-corrected chi connectivity index (χ1v) is 21.6. The maximum atomic E-state index is 14.6. The first-order chi connectivity index (χ1) is 24.2. The maximum absolute atomic E-state index is 14.6. The van der Waals surface area contributed by atoms with Crippen molar-refractivity contribution < 1.29 is 32.4 Å². The molecule has 4 saturated carbocycles. The Hall–Kier alpha value is -2.70. The van der Waals surface area contributed by atoms with E-state index in [1.807, 2.05) is 20.8 Å². The van der Waals surface area contributed by atoms with E-state index in [0.29, 0.717) is 44.6 Å². The van der Waals surface area contributed by atoms with Gasteiger partial charge in [-0.3, -0.25) is 19.2 Å². The molecule has 4 N–H and O–H groups in total. The standard InChI is InChI=1S/C39H63N5O7S/c1-36(2,3)31(42-35(49)43-39(17-9-8-10-18-39)27-21-37(4,5)19-20-52(27,50)51)34(48)44-22-25-28(38(25,6)7)29(44)32(46)41-26(16-13-23-11-12-23)30(45)33(47)40-24-14-15-24/h23-29,31H,8-22H2,1-7H3,(H,40,47)(H,41,46)(H2,42,43,49)/t25-,26-,27+,28-,29-,31+/m0/s1. The van der Waals surface area contributed by atoms with E-state index in [1.165, 1.54) is 0 Å². The fourth-order valence-corrected chi connectivity index (χ4v) is 12.3. The van der Waals surface area contributed by atoms with Gasteiger partial charge in [0.1, 0.15) is 12.1 Å². The second-order valence-electron chi connectivity index (χ2n) is 19.7. The highest BCUT2D eigenvalue weighted by molar-refractivity contribution is 7.92. The summed E-state index contributed by atoms with van der Waals surface area (Å²) < 4.78 is 27.2. The Morgan fingerprint density at radius 3 is 2.13 bits per heavy atom. The molecule has 6 rings (SSSR count). The van der Waals surface area contributed by atoms with Gasteiger partial charge in [0.15, 0.2) is 9.84 Å². The van der Waals surface area contributed by atoms with Gasteiger partial charge >= 0.3 is 6.03 Å². The van der Waals surface area contributed by atoms with E-state index in [-0.39, 0.29) is 40.4 Å². The smallest absolute Gasteiger partial charge is 0.315 e. The van der Waals surface area contributed by atoms with Gasteiger partial charge in [-0.1, -0.05) is 80.6 Å². The number of carbonyl (C=O) groups is 5. The summed E-state index contributed by atoms with van der Waals surface area (Å²) in [6.07, 6.45) is 9.71. The van der Waals surface area contributed by atoms with E-state index in [1.54, 1.807) is 4.90 Å². The number of carbonyl (C=O) groups excluding carboxylic acids is 5. The van der Waals surface area contributed by atoms with Gasteiger partial charge in [-0.2, -0.15) is 0 Å². The van der Waals surface area contributed by atoms with E-state index < -0.39 is 67.8 Å². The summed E-state index contributed by atoms with van der Waals surface area (Å²) in [5.74, 6) is -1.61. The Labute approximate surface area is 310 Å². The molecular formula is C39H63N5O7S. The summed E-state index contributed by atoms with van der Waals surface area (Å²) in [5.41, 5.74) is -2.05. The van der Waals surface area contributed by atoms with Crippen molar-refractivity contribution in [2.45, 2.75) is 167 Å². The lowest BCUT2D eigenvalue weighted by Gasteiger charge is -2.48. The number of ketones is 1. The first-order valence-electron chi connectivity index (χ1n) is 19.9. The van der Waals surface area contributed by atoms with Gasteiger partial charge in [-0.05, 0) is 85.4 Å². The minimum atomic E-state index is -3.46. The molecule has 12 nitrogen and oxygen atoms in total. The molecule has 0 bridgehead atoms. The van der Waals surface area contributed by atoms with Crippen molar-refractivity contribution in [2.75, 3.05) is 12.3 Å². The molecule has 0 unspecified atom stereocenters. The lowest BCUT2D eigenvalue weighted by atomic mass is 9.73. The molecule has 0 aromatic carbocycles. The van der Waals surface area contributed by atoms with Crippen LogP contribution in [0.1, 0.15) is 132 Å². The van der Waals surface area contributed by atoms with Crippen LogP contribution in [0.4, 0.5) is 4.79 Å². The van der Waals surface area contributed by atoms with Crippen LogP contribution in [0.15, 0.2) is 0 Å². The summed E-state index contributed by atoms with van der Waals surface area (Å²) >= 11 is 0. The van der Waals surface area contributed by atoms with Crippen LogP contribution in [0.25, 0.3) is 0 Å². The molecule has 6 atom stereocenters. The number of Topliss-reactive ketones (excluding diaryl/α,β-unsaturated/α-hetero) is 1. The Kier molecular flexibility index (Phi) is 10.4. The number of rotatable bonds is 12. The highest BCUT2D eigenvalue weighted by Crippen LogP contribution is 2.65. The van der Waals surface area contributed by atoms with Crippen LogP contribution in [0, 0.1) is 34.0 Å². The fourth-order valence-electron chi connectivity index (χ4n) is 9.54. The van der Waals surface area contributed by atoms with Crippen LogP contribution in [0.2, 0.25) is 0 Å². The number of fused-ring (bicyclic) bond motifs is 1. The number of likely N-dealkylation sites (tertiary alicyclic amines) is 1. The minimum absolute atomic E-state index is 0.0122. The zero-order valence-electron chi connectivity index (χ0n) is 32.4. The van der Waals surface area contributed by atoms with Crippen LogP contribution in [0.3, 0.4) is 0 Å². The van der Waals surface area contributed by atoms with Crippen molar-refractivity contribution in [1.29, 1.82) is 0 Å². The van der Waals surface area contributed by atoms with Crippen LogP contribution in [-0.4, -0.2) is 90.1 Å². The predicted molar refractivity (Wildman–Crippen MR) is 198 cm³/mol. The number of nitrogens with one attached hydrogen (secondary N) is 4. The summed E-state index contributed by atoms with van der Waals surface area (Å²) in [6.45, 7) is 14.3. The molecule has 5 amide bonds. The number of piperidine rings is 1. The van der Waals surface area contributed by atoms with Gasteiger partial charge in [0, 0.05) is 12.6 Å². The van der Waals surface area contributed by atoms with E-state index >= 15 is 0 Å². The lowest BCUT2D eigenvalue weighted by Crippen LogP contribution is -2.66. The third-order valence-electron chi connectivity index (χ3n) is 13.4. The van der Waals surface area contributed by atoms with Crippen LogP contribution >= 0.6 is 0 Å². The van der Waals surface area contributed by atoms with Crippen molar-refractivity contribution in [3.63, 3.8) is 0 Å². The van der Waals surface area contributed by atoms with Crippen LogP contribution in [0.5, 0.6) is 0 Å². The van der Waals surface area contributed by atoms with Gasteiger partial charge in [0.2, 0.25) is 17.6 Å². The summed E-state index contributed by atoms with van der Waals surface area (Å²) in [7, 11) is -3.46. The topological polar surface area (TPSA) is 171 Å². The molecule has 292 valence electrons. The monoisotopic (exact) mass is 745 g/mol. The quantitative estimate of drug-likeness (QED) is 0.219. The zero-order chi connectivity index (χ0) is 38.0. The number of hydrogen-bond acceptors (Lipinski definition) is 7. The zero-order valence-corrected chi connectivity index (χ0v) is 33.3. The lowest BCUT2D eigenvalue weighted by molar-refractivity contribution is -0.145. The molecule has 2 saturated heterocycles. The van der Waals surface area contributed by atoms with Gasteiger partial charge in [0.25, 0.3) is 5.91 Å². The Balaban J connectivity index is 1.20. The van der Waals surface area contributed by atoms with E-state index in [2.05, 4.69) is 49.0 Å². The predicted octanol–water partition coefficient (Wildman–Crippen LogP) is 4.01. The SMILES string of the molecule is CC1(C)CCS(=O)(=O)[C@@H](C2(NC(=O)N[C@H](C(=O)N3C[C@H]4[C@@H]([C@H]3C(=O)N[C@@H](CCC3CC3)C(=O)C(=O)NC3CC3)C4(C)C)C(C)(C)C)CCCCC2)C1. The summed E-state index contributed by atoms with van der Waals surface area (Å²) in [5, 5.41) is 11.1. The fraction of sp³-hybridized carbons (Fsp3) is 0.872. The third kappa shape index (κ3) is 8.19. The highest BCUT2D eigenvalue weighted by Gasteiger charge is 2.70. The van der Waals surface area contributed by atoms with Crippen molar-refractivity contribution in [3.05, 3.63) is 0 Å². The van der Waals surface area contributed by atoms with Crippen molar-refractivity contribution in [3.8, 4) is 0 Å². The van der Waals surface area contributed by atoms with E-state index in [0.717, 1.165) is 51.4 Å². The number of nitrogens with zero attached hydrogens (tertiary/aromatic N) is 1. The molecule has 0 spiro atoms. The second kappa shape index (κ2) is 13.9. The Morgan fingerprint density at radius 2 is 1.54 bits per heavy atom. The molecule has 0 aromatic heterocycles. The van der Waals surface area contributed by atoms with E-state index in [9.17, 15) is 32.4 Å². The molecule has 6 fully saturated rings. The Bertz CT molecular complexity index is 1550. The average molecular weight is 746 g/mol. The van der Waals surface area contributed by atoms with Crippen LogP contribution in [-0.2, 0) is 29.0 Å². The molecule has 52 heavy (non-hydrogen) atoms. The Morgan fingerprint density at radius 1 is 0.885 bits per heavy atom. The first kappa shape index (κ1) is 39.0. The number of amides is 5. The van der Waals surface area contributed by atoms with Crippen molar-refractivity contribution in [2.24, 2.45) is 34.0 Å². The highest BCUT2D eigenvalue weighted by atomic mass is 32.2. The minimum Gasteiger partial charge on any atom is -0.347 e. The molecule has 6 aliphatic rings. The molecule has 4 aliphatic carbocycles. The maximum Gasteiger partial charge on any atom is 0.315 e.